The van der Waals surface area contributed by atoms with E-state index in [1.165, 1.54) is 0 Å². The van der Waals surface area contributed by atoms with Crippen molar-refractivity contribution in [3.05, 3.63) is 77.4 Å². The minimum atomic E-state index is -0.512. The summed E-state index contributed by atoms with van der Waals surface area (Å²) in [7, 11) is 3.43. The lowest BCUT2D eigenvalue weighted by atomic mass is 9.84. The normalized spacial score (nSPS) is 17.5. The average Bonchev–Trinajstić information content (AvgIpc) is 3.51. The second-order valence-electron chi connectivity index (χ2n) is 9.52. The fourth-order valence-corrected chi connectivity index (χ4v) is 5.06. The molecule has 2 aliphatic rings. The van der Waals surface area contributed by atoms with Crippen LogP contribution in [0.5, 0.6) is 5.75 Å². The van der Waals surface area contributed by atoms with Gasteiger partial charge in [-0.05, 0) is 46.9 Å². The highest BCUT2D eigenvalue weighted by Gasteiger charge is 2.49. The zero-order valence-electron chi connectivity index (χ0n) is 20.6. The average molecular weight is 490 g/mol. The van der Waals surface area contributed by atoms with Crippen molar-refractivity contribution < 1.29 is 28.5 Å². The van der Waals surface area contributed by atoms with Crippen LogP contribution in [0, 0.1) is 0 Å². The van der Waals surface area contributed by atoms with Crippen LogP contribution < -0.4 is 4.74 Å². The van der Waals surface area contributed by atoms with Crippen molar-refractivity contribution in [2.75, 3.05) is 34.0 Å². The van der Waals surface area contributed by atoms with Gasteiger partial charge < -0.3 is 23.8 Å². The molecule has 1 aliphatic carbocycles. The molecule has 3 aromatic rings. The summed E-state index contributed by atoms with van der Waals surface area (Å²) in [4.78, 5) is 26.2. The topological polar surface area (TPSA) is 74.3 Å². The molecule has 0 radical (unpaired) electrons. The first-order valence-electron chi connectivity index (χ1n) is 12.3. The second kappa shape index (κ2) is 10.3. The van der Waals surface area contributed by atoms with Crippen molar-refractivity contribution >= 4 is 23.2 Å². The van der Waals surface area contributed by atoms with E-state index in [1.54, 1.807) is 19.1 Å². The molecule has 1 aliphatic heterocycles. The Hall–Kier alpha value is -3.42. The predicted molar refractivity (Wildman–Crippen MR) is 135 cm³/mol. The molecule has 0 bridgehead atoms. The summed E-state index contributed by atoms with van der Waals surface area (Å²) in [5, 5.41) is 2.26. The zero-order valence-corrected chi connectivity index (χ0v) is 20.6. The Kier molecular flexibility index (Phi) is 6.94. The van der Waals surface area contributed by atoms with Crippen LogP contribution in [0.3, 0.4) is 0 Å². The molecule has 1 unspecified atom stereocenters. The maximum atomic E-state index is 13.7. The molecule has 7 nitrogen and oxygen atoms in total. The van der Waals surface area contributed by atoms with Gasteiger partial charge in [-0.25, -0.2) is 0 Å². The van der Waals surface area contributed by atoms with Crippen molar-refractivity contribution in [2.24, 2.45) is 0 Å². The summed E-state index contributed by atoms with van der Waals surface area (Å²) < 4.78 is 22.3. The van der Waals surface area contributed by atoms with Gasteiger partial charge in [-0.3, -0.25) is 9.59 Å². The molecule has 1 amide bonds. The van der Waals surface area contributed by atoms with Gasteiger partial charge in [-0.15, -0.1) is 0 Å². The van der Waals surface area contributed by atoms with Gasteiger partial charge in [0.15, 0.2) is 6.29 Å². The van der Waals surface area contributed by atoms with Gasteiger partial charge in [0, 0.05) is 24.9 Å². The van der Waals surface area contributed by atoms with Crippen LogP contribution in [0.25, 0.3) is 10.8 Å². The molecule has 188 valence electrons. The van der Waals surface area contributed by atoms with Gasteiger partial charge in [0.25, 0.3) is 6.47 Å². The van der Waals surface area contributed by atoms with Crippen molar-refractivity contribution in [2.45, 2.75) is 37.0 Å². The molecule has 0 spiro atoms. The van der Waals surface area contributed by atoms with E-state index < -0.39 is 11.8 Å². The van der Waals surface area contributed by atoms with E-state index >= 15 is 0 Å². The SMILES string of the molecule is COc1ccc(C(CC(=O)N(C)C2(COC=O)CC2)c2ccc3ccccc3c2)c(C2OCCO2)c1. The summed E-state index contributed by atoms with van der Waals surface area (Å²) in [6.45, 7) is 1.70. The predicted octanol–water partition coefficient (Wildman–Crippen LogP) is 4.58. The Morgan fingerprint density at radius 1 is 1.08 bits per heavy atom. The van der Waals surface area contributed by atoms with Crippen molar-refractivity contribution in [3.63, 3.8) is 0 Å². The molecule has 7 heteroatoms. The molecule has 1 saturated carbocycles. The smallest absolute Gasteiger partial charge is 0.293 e. The van der Waals surface area contributed by atoms with E-state index in [0.29, 0.717) is 25.4 Å². The van der Waals surface area contributed by atoms with E-state index in [1.807, 2.05) is 30.3 Å². The Bertz CT molecular complexity index is 1250. The number of methoxy groups -OCH3 is 1. The number of nitrogens with zero attached hydrogens (tertiary/aromatic N) is 1. The number of hydrogen-bond acceptors (Lipinski definition) is 6. The number of amides is 1. The third kappa shape index (κ3) is 4.81. The lowest BCUT2D eigenvalue weighted by molar-refractivity contribution is -0.139. The maximum absolute atomic E-state index is 13.7. The summed E-state index contributed by atoms with van der Waals surface area (Å²) in [5.41, 5.74) is 2.46. The number of fused-ring (bicyclic) bond motifs is 1. The van der Waals surface area contributed by atoms with Gasteiger partial charge in [0.2, 0.25) is 5.91 Å². The van der Waals surface area contributed by atoms with Crippen LogP contribution >= 0.6 is 0 Å². The third-order valence-electron chi connectivity index (χ3n) is 7.43. The zero-order chi connectivity index (χ0) is 25.1. The quantitative estimate of drug-likeness (QED) is 0.388. The van der Waals surface area contributed by atoms with Crippen LogP contribution in [-0.4, -0.2) is 56.8 Å². The van der Waals surface area contributed by atoms with Crippen molar-refractivity contribution in [3.8, 4) is 5.75 Å². The van der Waals surface area contributed by atoms with Crippen molar-refractivity contribution in [1.82, 2.24) is 4.90 Å². The number of rotatable bonds is 10. The summed E-state index contributed by atoms with van der Waals surface area (Å²) in [6.07, 6.45) is 1.38. The van der Waals surface area contributed by atoms with Gasteiger partial charge in [-0.2, -0.15) is 0 Å². The number of likely N-dealkylation sites (N-methyl/N-ethyl adjacent to an activating group) is 1. The van der Waals surface area contributed by atoms with Gasteiger partial charge in [-0.1, -0.05) is 48.5 Å². The molecule has 0 aromatic heterocycles. The molecule has 5 rings (SSSR count). The van der Waals surface area contributed by atoms with Crippen LogP contribution in [0.1, 0.15) is 48.2 Å². The highest BCUT2D eigenvalue weighted by atomic mass is 16.7. The van der Waals surface area contributed by atoms with Gasteiger partial charge >= 0.3 is 0 Å². The molecular weight excluding hydrogens is 458 g/mol. The Labute approximate surface area is 210 Å². The fourth-order valence-electron chi connectivity index (χ4n) is 5.06. The fraction of sp³-hybridized carbons (Fsp3) is 0.379. The minimum absolute atomic E-state index is 0.00446. The summed E-state index contributed by atoms with van der Waals surface area (Å²) in [5.74, 6) is 0.465. The molecular formula is C29H31NO6. The maximum Gasteiger partial charge on any atom is 0.293 e. The molecule has 1 heterocycles. The van der Waals surface area contributed by atoms with Crippen LogP contribution in [0.4, 0.5) is 0 Å². The molecule has 36 heavy (non-hydrogen) atoms. The minimum Gasteiger partial charge on any atom is -0.497 e. The van der Waals surface area contributed by atoms with Crippen LogP contribution in [-0.2, 0) is 23.8 Å². The highest BCUT2D eigenvalue weighted by molar-refractivity contribution is 5.84. The summed E-state index contributed by atoms with van der Waals surface area (Å²) in [6, 6.07) is 20.4. The first-order chi connectivity index (χ1) is 17.5. The molecule has 3 aromatic carbocycles. The van der Waals surface area contributed by atoms with E-state index in [2.05, 4.69) is 30.3 Å². The third-order valence-corrected chi connectivity index (χ3v) is 7.43. The highest BCUT2D eigenvalue weighted by Crippen LogP contribution is 2.43. The Balaban J connectivity index is 1.55. The number of ether oxygens (including phenoxy) is 4. The number of carbonyl (C=O) groups excluding carboxylic acids is 2. The number of carbonyl (C=O) groups is 2. The number of hydrogen-bond donors (Lipinski definition) is 0. The standard InChI is InChI=1S/C29H31NO6/c1-30(29(11-12-29)18-34-19-31)27(32)17-25(22-8-7-20-5-3-4-6-21(20)15-22)24-10-9-23(33-2)16-26(24)28-35-13-14-36-28/h3-10,15-16,19,25,28H,11-14,17-18H2,1-2H3. The first kappa shape index (κ1) is 24.3. The van der Waals surface area contributed by atoms with Gasteiger partial charge in [0.1, 0.15) is 12.4 Å². The Morgan fingerprint density at radius 2 is 1.83 bits per heavy atom. The second-order valence-corrected chi connectivity index (χ2v) is 9.52. The summed E-state index contributed by atoms with van der Waals surface area (Å²) >= 11 is 0. The van der Waals surface area contributed by atoms with E-state index in [4.69, 9.17) is 18.9 Å². The van der Waals surface area contributed by atoms with Crippen molar-refractivity contribution in [1.29, 1.82) is 0 Å². The lowest BCUT2D eigenvalue weighted by Gasteiger charge is -2.30. The molecule has 1 atom stereocenters. The van der Waals surface area contributed by atoms with E-state index in [9.17, 15) is 9.59 Å². The largest absolute Gasteiger partial charge is 0.497 e. The monoisotopic (exact) mass is 489 g/mol. The van der Waals surface area contributed by atoms with E-state index in [-0.39, 0.29) is 24.9 Å². The number of benzene rings is 3. The van der Waals surface area contributed by atoms with Crippen LogP contribution in [0.15, 0.2) is 60.7 Å². The lowest BCUT2D eigenvalue weighted by Crippen LogP contribution is -2.42. The molecule has 1 saturated heterocycles. The molecule has 2 fully saturated rings. The van der Waals surface area contributed by atoms with Gasteiger partial charge in [0.05, 0.1) is 25.9 Å². The molecule has 0 N–H and O–H groups in total. The van der Waals surface area contributed by atoms with E-state index in [0.717, 1.165) is 40.3 Å². The van der Waals surface area contributed by atoms with Crippen LogP contribution in [0.2, 0.25) is 0 Å². The first-order valence-corrected chi connectivity index (χ1v) is 12.3. The Morgan fingerprint density at radius 3 is 2.53 bits per heavy atom.